The number of aromatic amines is 1. The van der Waals surface area contributed by atoms with Gasteiger partial charge < -0.3 is 9.51 Å². The van der Waals surface area contributed by atoms with E-state index in [9.17, 15) is 4.79 Å². The number of hydrogen-bond acceptors (Lipinski definition) is 5. The Morgan fingerprint density at radius 3 is 2.70 bits per heavy atom. The summed E-state index contributed by atoms with van der Waals surface area (Å²) in [6.45, 7) is 3.75. The largest absolute Gasteiger partial charge is 0.332 e. The zero-order valence-electron chi connectivity index (χ0n) is 15.4. The second-order valence-corrected chi connectivity index (χ2v) is 6.34. The Kier molecular flexibility index (Phi) is 4.19. The van der Waals surface area contributed by atoms with E-state index < -0.39 is 0 Å². The van der Waals surface area contributed by atoms with Crippen molar-refractivity contribution < 1.29 is 4.52 Å². The van der Waals surface area contributed by atoms with E-state index in [0.29, 0.717) is 35.1 Å². The number of nitrogens with zero attached hydrogens (tertiary/aromatic N) is 4. The van der Waals surface area contributed by atoms with Crippen molar-refractivity contribution in [3.05, 3.63) is 64.1 Å². The standard InChI is InChI=1S/C20H19N5O2/c1-4-13-10-15(12(2)21-19(13)26)18-22-20(27-24-18)16-11-17(25(3)23-16)14-8-6-5-7-9-14/h5-11H,4H2,1-3H3,(H,21,26). The maximum Gasteiger partial charge on any atom is 0.278 e. The highest BCUT2D eigenvalue weighted by molar-refractivity contribution is 5.66. The van der Waals surface area contributed by atoms with Crippen molar-refractivity contribution in [2.24, 2.45) is 7.05 Å². The first-order valence-corrected chi connectivity index (χ1v) is 8.73. The Balaban J connectivity index is 1.73. The quantitative estimate of drug-likeness (QED) is 0.602. The summed E-state index contributed by atoms with van der Waals surface area (Å²) >= 11 is 0. The lowest BCUT2D eigenvalue weighted by atomic mass is 10.1. The van der Waals surface area contributed by atoms with Gasteiger partial charge in [0, 0.05) is 23.9 Å². The maximum absolute atomic E-state index is 11.9. The van der Waals surface area contributed by atoms with Crippen LogP contribution in [0.4, 0.5) is 0 Å². The fourth-order valence-electron chi connectivity index (χ4n) is 3.05. The molecule has 4 rings (SSSR count). The Morgan fingerprint density at radius 1 is 1.19 bits per heavy atom. The van der Waals surface area contributed by atoms with E-state index in [4.69, 9.17) is 4.52 Å². The first-order valence-electron chi connectivity index (χ1n) is 8.73. The van der Waals surface area contributed by atoms with Crippen molar-refractivity contribution >= 4 is 0 Å². The molecule has 0 aliphatic heterocycles. The van der Waals surface area contributed by atoms with Crippen molar-refractivity contribution in [3.8, 4) is 34.2 Å². The van der Waals surface area contributed by atoms with Crippen LogP contribution in [0.3, 0.4) is 0 Å². The predicted molar refractivity (Wildman–Crippen MR) is 102 cm³/mol. The second kappa shape index (κ2) is 6.68. The lowest BCUT2D eigenvalue weighted by Gasteiger charge is -2.03. The highest BCUT2D eigenvalue weighted by Gasteiger charge is 2.18. The molecule has 0 aliphatic rings. The third-order valence-electron chi connectivity index (χ3n) is 4.53. The molecular formula is C20H19N5O2. The molecule has 7 nitrogen and oxygen atoms in total. The number of pyridine rings is 1. The normalized spacial score (nSPS) is 11.1. The van der Waals surface area contributed by atoms with Gasteiger partial charge in [-0.25, -0.2) is 0 Å². The summed E-state index contributed by atoms with van der Waals surface area (Å²) in [4.78, 5) is 19.3. The Bertz CT molecular complexity index is 1150. The van der Waals surface area contributed by atoms with Crippen LogP contribution in [0.5, 0.6) is 0 Å². The van der Waals surface area contributed by atoms with Crippen LogP contribution in [-0.4, -0.2) is 24.9 Å². The minimum absolute atomic E-state index is 0.0836. The number of rotatable bonds is 4. The van der Waals surface area contributed by atoms with Gasteiger partial charge in [0.25, 0.3) is 11.4 Å². The number of aryl methyl sites for hydroxylation is 3. The highest BCUT2D eigenvalue weighted by atomic mass is 16.5. The number of aromatic nitrogens is 5. The molecule has 0 aliphatic carbocycles. The first-order chi connectivity index (χ1) is 13.1. The summed E-state index contributed by atoms with van der Waals surface area (Å²) in [5, 5.41) is 8.58. The summed E-state index contributed by atoms with van der Waals surface area (Å²) in [6, 6.07) is 13.7. The summed E-state index contributed by atoms with van der Waals surface area (Å²) in [7, 11) is 1.88. The van der Waals surface area contributed by atoms with Crippen LogP contribution in [0, 0.1) is 6.92 Å². The summed E-state index contributed by atoms with van der Waals surface area (Å²) < 4.78 is 7.23. The van der Waals surface area contributed by atoms with Crippen LogP contribution in [0.15, 0.2) is 51.8 Å². The highest BCUT2D eigenvalue weighted by Crippen LogP contribution is 2.27. The van der Waals surface area contributed by atoms with Gasteiger partial charge in [0.1, 0.15) is 0 Å². The first kappa shape index (κ1) is 17.0. The third kappa shape index (κ3) is 3.08. The number of H-pyrrole nitrogens is 1. The van der Waals surface area contributed by atoms with Crippen molar-refractivity contribution in [2.45, 2.75) is 20.3 Å². The molecule has 136 valence electrons. The molecule has 0 bridgehead atoms. The molecule has 0 atom stereocenters. The Labute approximate surface area is 155 Å². The Morgan fingerprint density at radius 2 is 1.96 bits per heavy atom. The topological polar surface area (TPSA) is 89.6 Å². The van der Waals surface area contributed by atoms with Gasteiger partial charge in [-0.1, -0.05) is 42.4 Å². The molecule has 0 spiro atoms. The van der Waals surface area contributed by atoms with Gasteiger partial charge in [-0.05, 0) is 31.0 Å². The molecule has 0 unspecified atom stereocenters. The van der Waals surface area contributed by atoms with Crippen LogP contribution in [-0.2, 0) is 13.5 Å². The molecule has 1 aromatic carbocycles. The molecule has 0 saturated carbocycles. The molecule has 0 radical (unpaired) electrons. The van der Waals surface area contributed by atoms with E-state index in [1.54, 1.807) is 4.68 Å². The summed E-state index contributed by atoms with van der Waals surface area (Å²) in [6.07, 6.45) is 0.633. The van der Waals surface area contributed by atoms with Gasteiger partial charge in [-0.2, -0.15) is 10.1 Å². The van der Waals surface area contributed by atoms with Crippen molar-refractivity contribution in [3.63, 3.8) is 0 Å². The zero-order valence-corrected chi connectivity index (χ0v) is 15.4. The minimum atomic E-state index is -0.0836. The lowest BCUT2D eigenvalue weighted by molar-refractivity contribution is 0.430. The average molecular weight is 361 g/mol. The van der Waals surface area contributed by atoms with Crippen LogP contribution in [0.1, 0.15) is 18.2 Å². The summed E-state index contributed by atoms with van der Waals surface area (Å²) in [5.74, 6) is 0.770. The average Bonchev–Trinajstić information content (AvgIpc) is 3.29. The number of benzene rings is 1. The molecule has 0 fully saturated rings. The van der Waals surface area contributed by atoms with Gasteiger partial charge in [0.05, 0.1) is 5.69 Å². The van der Waals surface area contributed by atoms with Gasteiger partial charge >= 0.3 is 0 Å². The lowest BCUT2D eigenvalue weighted by Crippen LogP contribution is -2.13. The molecule has 7 heteroatoms. The fourth-order valence-corrected chi connectivity index (χ4v) is 3.05. The second-order valence-electron chi connectivity index (χ2n) is 6.34. The number of hydrogen-bond donors (Lipinski definition) is 1. The molecule has 0 saturated heterocycles. The molecule has 3 heterocycles. The smallest absolute Gasteiger partial charge is 0.278 e. The maximum atomic E-state index is 11.9. The minimum Gasteiger partial charge on any atom is -0.332 e. The molecule has 4 aromatic rings. The van der Waals surface area contributed by atoms with Gasteiger partial charge in [0.15, 0.2) is 5.69 Å². The fraction of sp³-hybridized carbons (Fsp3) is 0.200. The molecule has 0 amide bonds. The van der Waals surface area contributed by atoms with E-state index in [-0.39, 0.29) is 5.56 Å². The van der Waals surface area contributed by atoms with Crippen molar-refractivity contribution in [2.75, 3.05) is 0 Å². The van der Waals surface area contributed by atoms with Crippen molar-refractivity contribution in [1.29, 1.82) is 0 Å². The van der Waals surface area contributed by atoms with Gasteiger partial charge in [0.2, 0.25) is 5.82 Å². The summed E-state index contributed by atoms with van der Waals surface area (Å²) in [5.41, 5.74) is 4.68. The van der Waals surface area contributed by atoms with Gasteiger partial charge in [-0.3, -0.25) is 9.48 Å². The molecular weight excluding hydrogens is 342 g/mol. The third-order valence-corrected chi connectivity index (χ3v) is 4.53. The van der Waals surface area contributed by atoms with E-state index in [1.165, 1.54) is 0 Å². The van der Waals surface area contributed by atoms with E-state index >= 15 is 0 Å². The van der Waals surface area contributed by atoms with Crippen molar-refractivity contribution in [1.82, 2.24) is 24.9 Å². The predicted octanol–water partition coefficient (Wildman–Crippen LogP) is 3.36. The molecule has 1 N–H and O–H groups in total. The van der Waals surface area contributed by atoms with E-state index in [1.807, 2.05) is 63.4 Å². The van der Waals surface area contributed by atoms with Crippen LogP contribution in [0.25, 0.3) is 34.2 Å². The van der Waals surface area contributed by atoms with Crippen LogP contribution < -0.4 is 5.56 Å². The monoisotopic (exact) mass is 361 g/mol. The van der Waals surface area contributed by atoms with Gasteiger partial charge in [-0.15, -0.1) is 0 Å². The zero-order chi connectivity index (χ0) is 19.0. The van der Waals surface area contributed by atoms with E-state index in [0.717, 1.165) is 16.8 Å². The Hall–Kier alpha value is -3.48. The van der Waals surface area contributed by atoms with Crippen LogP contribution in [0.2, 0.25) is 0 Å². The number of nitrogens with one attached hydrogen (secondary N) is 1. The van der Waals surface area contributed by atoms with E-state index in [2.05, 4.69) is 20.2 Å². The van der Waals surface area contributed by atoms with Crippen LogP contribution >= 0.6 is 0 Å². The SMILES string of the molecule is CCc1cc(-c2noc(-c3cc(-c4ccccc4)n(C)n3)n2)c(C)[nH]c1=O. The molecule has 27 heavy (non-hydrogen) atoms. The molecule has 3 aromatic heterocycles.